The Balaban J connectivity index is 3.43. The number of carbonyl (C=O) groups excluding carboxylic acids is 1. The highest BCUT2D eigenvalue weighted by Crippen LogP contribution is 1.99. The zero-order chi connectivity index (χ0) is 10.3. The van der Waals surface area contributed by atoms with Crippen molar-refractivity contribution in [1.82, 2.24) is 5.32 Å². The molecule has 0 aliphatic carbocycles. The Morgan fingerprint density at radius 3 is 2.77 bits per heavy atom. The van der Waals surface area contributed by atoms with Crippen molar-refractivity contribution in [2.45, 2.75) is 19.4 Å². The molecule has 0 heterocycles. The maximum atomic E-state index is 11.2. The summed E-state index contributed by atoms with van der Waals surface area (Å²) >= 11 is 1.73. The summed E-state index contributed by atoms with van der Waals surface area (Å²) in [5.74, 6) is 1.71. The third-order valence-electron chi connectivity index (χ3n) is 1.35. The van der Waals surface area contributed by atoms with Crippen molar-refractivity contribution in [2.75, 3.05) is 18.1 Å². The number of hydrogen-bond donors (Lipinski definition) is 2. The summed E-state index contributed by atoms with van der Waals surface area (Å²) in [5.41, 5.74) is 4.81. The quantitative estimate of drug-likeness (QED) is 0.494. The molecule has 0 aromatic rings. The van der Waals surface area contributed by atoms with E-state index in [9.17, 15) is 4.79 Å². The summed E-state index contributed by atoms with van der Waals surface area (Å²) in [5, 5.41) is 2.76. The zero-order valence-electron chi connectivity index (χ0n) is 8.30. The summed E-state index contributed by atoms with van der Waals surface area (Å²) in [6, 6.07) is 0. The summed E-state index contributed by atoms with van der Waals surface area (Å²) in [6.07, 6.45) is 1.85. The Kier molecular flexibility index (Phi) is 5.82. The highest BCUT2D eigenvalue weighted by atomic mass is 32.2. The fraction of sp³-hybridized carbons (Fsp3) is 0.667. The number of thioether (sulfide) groups is 1. The predicted molar refractivity (Wildman–Crippen MR) is 58.8 cm³/mol. The van der Waals surface area contributed by atoms with Gasteiger partial charge in [-0.15, -0.1) is 6.58 Å². The van der Waals surface area contributed by atoms with Gasteiger partial charge in [-0.3, -0.25) is 4.79 Å². The van der Waals surface area contributed by atoms with Gasteiger partial charge in [-0.25, -0.2) is 0 Å². The minimum Gasteiger partial charge on any atom is -0.354 e. The van der Waals surface area contributed by atoms with Gasteiger partial charge >= 0.3 is 0 Å². The number of nitrogens with one attached hydrogen (secondary N) is 1. The van der Waals surface area contributed by atoms with Crippen molar-refractivity contribution in [3.05, 3.63) is 12.7 Å². The lowest BCUT2D eigenvalue weighted by Crippen LogP contribution is -2.49. The molecule has 1 amide bonds. The first kappa shape index (κ1) is 12.5. The third-order valence-corrected chi connectivity index (χ3v) is 2.32. The summed E-state index contributed by atoms with van der Waals surface area (Å²) < 4.78 is 0. The van der Waals surface area contributed by atoms with Crippen molar-refractivity contribution in [3.63, 3.8) is 0 Å². The van der Waals surface area contributed by atoms with Gasteiger partial charge in [-0.05, 0) is 13.8 Å². The molecular weight excluding hydrogens is 184 g/mol. The smallest absolute Gasteiger partial charge is 0.239 e. The molecule has 0 spiro atoms. The second kappa shape index (κ2) is 6.05. The summed E-state index contributed by atoms with van der Waals surface area (Å²) in [6.45, 7) is 7.66. The van der Waals surface area contributed by atoms with Crippen LogP contribution in [-0.4, -0.2) is 29.5 Å². The number of carbonyl (C=O) groups is 1. The normalized spacial score (nSPS) is 11.0. The molecule has 0 unspecified atom stereocenters. The van der Waals surface area contributed by atoms with Crippen molar-refractivity contribution in [1.29, 1.82) is 0 Å². The lowest BCUT2D eigenvalue weighted by Gasteiger charge is -2.17. The van der Waals surface area contributed by atoms with E-state index in [0.717, 1.165) is 11.5 Å². The van der Waals surface area contributed by atoms with E-state index in [1.807, 2.05) is 6.08 Å². The van der Waals surface area contributed by atoms with E-state index in [0.29, 0.717) is 6.54 Å². The predicted octanol–water partition coefficient (Wildman–Crippen LogP) is 0.759. The molecule has 0 fully saturated rings. The van der Waals surface area contributed by atoms with E-state index in [2.05, 4.69) is 11.9 Å². The average molecular weight is 202 g/mol. The van der Waals surface area contributed by atoms with Crippen LogP contribution in [0.5, 0.6) is 0 Å². The Hall–Kier alpha value is -0.480. The topological polar surface area (TPSA) is 55.1 Å². The van der Waals surface area contributed by atoms with E-state index in [-0.39, 0.29) is 5.91 Å². The van der Waals surface area contributed by atoms with Crippen molar-refractivity contribution < 1.29 is 4.79 Å². The molecule has 3 N–H and O–H groups in total. The monoisotopic (exact) mass is 202 g/mol. The standard InChI is InChI=1S/C9H18N2OS/c1-4-6-13-7-5-11-8(12)9(2,3)10/h4H,1,5-7,10H2,2-3H3,(H,11,12). The van der Waals surface area contributed by atoms with Gasteiger partial charge < -0.3 is 11.1 Å². The van der Waals surface area contributed by atoms with Crippen molar-refractivity contribution in [2.24, 2.45) is 5.73 Å². The molecule has 0 aromatic carbocycles. The maximum absolute atomic E-state index is 11.2. The molecule has 0 aliphatic heterocycles. The maximum Gasteiger partial charge on any atom is 0.239 e. The first-order valence-electron chi connectivity index (χ1n) is 4.24. The highest BCUT2D eigenvalue weighted by molar-refractivity contribution is 7.99. The Morgan fingerprint density at radius 2 is 2.31 bits per heavy atom. The van der Waals surface area contributed by atoms with Crippen LogP contribution in [0.15, 0.2) is 12.7 Å². The lowest BCUT2D eigenvalue weighted by molar-refractivity contribution is -0.125. The van der Waals surface area contributed by atoms with Gasteiger partial charge in [0.25, 0.3) is 0 Å². The third kappa shape index (κ3) is 6.66. The van der Waals surface area contributed by atoms with Crippen LogP contribution in [-0.2, 0) is 4.79 Å². The van der Waals surface area contributed by atoms with Gasteiger partial charge in [0.2, 0.25) is 5.91 Å². The molecule has 0 atom stereocenters. The number of rotatable bonds is 6. The van der Waals surface area contributed by atoms with Gasteiger partial charge in [0.05, 0.1) is 5.54 Å². The molecule has 76 valence electrons. The van der Waals surface area contributed by atoms with E-state index < -0.39 is 5.54 Å². The van der Waals surface area contributed by atoms with E-state index in [1.54, 1.807) is 25.6 Å². The Bertz CT molecular complexity index is 175. The van der Waals surface area contributed by atoms with Crippen molar-refractivity contribution in [3.8, 4) is 0 Å². The Morgan fingerprint density at radius 1 is 1.69 bits per heavy atom. The summed E-state index contributed by atoms with van der Waals surface area (Å²) in [4.78, 5) is 11.2. The number of amides is 1. The molecule has 0 saturated heterocycles. The molecule has 0 rings (SSSR count). The molecular formula is C9H18N2OS. The first-order chi connectivity index (χ1) is 5.98. The molecule has 0 radical (unpaired) electrons. The second-order valence-electron chi connectivity index (χ2n) is 3.34. The zero-order valence-corrected chi connectivity index (χ0v) is 9.12. The SMILES string of the molecule is C=CCSCCNC(=O)C(C)(C)N. The van der Waals surface area contributed by atoms with Gasteiger partial charge in [0.1, 0.15) is 0 Å². The molecule has 3 nitrogen and oxygen atoms in total. The number of hydrogen-bond acceptors (Lipinski definition) is 3. The van der Waals surface area contributed by atoms with Crippen molar-refractivity contribution >= 4 is 17.7 Å². The second-order valence-corrected chi connectivity index (χ2v) is 4.49. The molecule has 0 aliphatic rings. The van der Waals surface area contributed by atoms with Crippen LogP contribution in [0, 0.1) is 0 Å². The van der Waals surface area contributed by atoms with Gasteiger partial charge in [0.15, 0.2) is 0 Å². The molecule has 0 saturated carbocycles. The Labute approximate surface area is 84.1 Å². The fourth-order valence-corrected chi connectivity index (χ4v) is 1.21. The van der Waals surface area contributed by atoms with Gasteiger partial charge in [-0.1, -0.05) is 6.08 Å². The molecule has 0 aromatic heterocycles. The first-order valence-corrected chi connectivity index (χ1v) is 5.39. The molecule has 0 bridgehead atoms. The highest BCUT2D eigenvalue weighted by Gasteiger charge is 2.20. The molecule has 4 heteroatoms. The van der Waals surface area contributed by atoms with Crippen LogP contribution >= 0.6 is 11.8 Å². The van der Waals surface area contributed by atoms with Crippen LogP contribution < -0.4 is 11.1 Å². The minimum absolute atomic E-state index is 0.105. The van der Waals surface area contributed by atoms with E-state index in [4.69, 9.17) is 5.73 Å². The average Bonchev–Trinajstić information content (AvgIpc) is 2.02. The largest absolute Gasteiger partial charge is 0.354 e. The lowest BCUT2D eigenvalue weighted by atomic mass is 10.1. The van der Waals surface area contributed by atoms with Crippen LogP contribution in [0.4, 0.5) is 0 Å². The number of nitrogens with two attached hydrogens (primary N) is 1. The molecule has 13 heavy (non-hydrogen) atoms. The van der Waals surface area contributed by atoms with E-state index in [1.165, 1.54) is 0 Å². The van der Waals surface area contributed by atoms with Gasteiger partial charge in [0, 0.05) is 18.1 Å². The van der Waals surface area contributed by atoms with Crippen LogP contribution in [0.3, 0.4) is 0 Å². The fourth-order valence-electron chi connectivity index (χ4n) is 0.631. The van der Waals surface area contributed by atoms with Gasteiger partial charge in [-0.2, -0.15) is 11.8 Å². The minimum atomic E-state index is -0.775. The van der Waals surface area contributed by atoms with Crippen LogP contribution in [0.1, 0.15) is 13.8 Å². The van der Waals surface area contributed by atoms with Crippen LogP contribution in [0.25, 0.3) is 0 Å². The van der Waals surface area contributed by atoms with E-state index >= 15 is 0 Å². The summed E-state index contributed by atoms with van der Waals surface area (Å²) in [7, 11) is 0. The van der Waals surface area contributed by atoms with Crippen LogP contribution in [0.2, 0.25) is 0 Å².